The van der Waals surface area contributed by atoms with Gasteiger partial charge in [-0.25, -0.2) is 8.42 Å². The molecule has 0 aliphatic rings. The number of hydrogen-bond acceptors (Lipinski definition) is 3. The largest absolute Gasteiger partial charge is 0.508 e. The Kier molecular flexibility index (Phi) is 2.46. The molecule has 0 aromatic heterocycles. The van der Waals surface area contributed by atoms with E-state index in [1.165, 1.54) is 24.3 Å². The molecular weight excluding hydrogens is 192 g/mol. The molecule has 0 fully saturated rings. The van der Waals surface area contributed by atoms with Gasteiger partial charge in [0.05, 0.1) is 4.90 Å². The topological polar surface area (TPSA) is 90.8 Å². The van der Waals surface area contributed by atoms with Gasteiger partial charge < -0.3 is 10.6 Å². The Morgan fingerprint density at radius 1 is 1.31 bits per heavy atom. The molecule has 0 bridgehead atoms. The highest BCUT2D eigenvalue weighted by molar-refractivity contribution is 8.04. The predicted molar refractivity (Wildman–Crippen MR) is 45.0 cm³/mol. The number of benzene rings is 1. The van der Waals surface area contributed by atoms with Crippen molar-refractivity contribution in [3.8, 4) is 5.75 Å². The predicted octanol–water partition coefficient (Wildman–Crippen LogP) is 0.424. The highest BCUT2D eigenvalue weighted by Crippen LogP contribution is 2.13. The van der Waals surface area contributed by atoms with Gasteiger partial charge in [0.2, 0.25) is 0 Å². The van der Waals surface area contributed by atoms with Gasteiger partial charge in [-0.1, -0.05) is 0 Å². The molecule has 1 aromatic carbocycles. The molecule has 1 rings (SSSR count). The molecule has 0 saturated heterocycles. The Balaban J connectivity index is 3.24. The fourth-order valence-electron chi connectivity index (χ4n) is 0.759. The van der Waals surface area contributed by atoms with Crippen LogP contribution in [-0.2, 0) is 9.84 Å². The minimum Gasteiger partial charge on any atom is -0.508 e. The number of sulfone groups is 1. The number of phenols is 1. The van der Waals surface area contributed by atoms with Crippen LogP contribution < -0.4 is 0 Å². The Morgan fingerprint density at radius 3 is 2.31 bits per heavy atom. The molecule has 0 atom stereocenters. The molecule has 1 aromatic rings. The summed E-state index contributed by atoms with van der Waals surface area (Å²) in [5, 5.41) is 8.87. The fraction of sp³-hybridized carbons (Fsp3) is 0. The molecule has 0 spiro atoms. The molecule has 0 radical (unpaired) electrons. The summed E-state index contributed by atoms with van der Waals surface area (Å²) < 4.78 is 22.3. The lowest BCUT2D eigenvalue weighted by Crippen LogP contribution is -2.01. The van der Waals surface area contributed by atoms with Crippen LogP contribution in [-0.4, -0.2) is 23.9 Å². The SMILES string of the molecule is [N-]=[N+]=CS(=O)(=O)c1ccc(O)cc1. The number of hydrogen-bond donors (Lipinski definition) is 1. The first kappa shape index (κ1) is 9.44. The molecule has 0 unspecified atom stereocenters. The Labute approximate surface area is 74.8 Å². The summed E-state index contributed by atoms with van der Waals surface area (Å²) in [4.78, 5) is 2.39. The third-order valence-electron chi connectivity index (χ3n) is 1.35. The lowest BCUT2D eigenvalue weighted by atomic mass is 10.3. The molecule has 0 saturated carbocycles. The first-order valence-corrected chi connectivity index (χ1v) is 4.82. The lowest BCUT2D eigenvalue weighted by molar-refractivity contribution is 0.00754. The van der Waals surface area contributed by atoms with Crippen molar-refractivity contribution in [1.29, 1.82) is 0 Å². The van der Waals surface area contributed by atoms with Crippen LogP contribution in [0, 0.1) is 0 Å². The third-order valence-corrected chi connectivity index (χ3v) is 2.65. The fourth-order valence-corrected chi connectivity index (χ4v) is 1.52. The van der Waals surface area contributed by atoms with Crippen molar-refractivity contribution in [1.82, 2.24) is 0 Å². The standard InChI is InChI=1S/C7H6N2O3S/c8-9-5-13(11,12)7-3-1-6(10)2-4-7/h1-5,10H. The Hall–Kier alpha value is -1.65. The maximum Gasteiger partial charge on any atom is 0.374 e. The second-order valence-electron chi connectivity index (χ2n) is 2.26. The lowest BCUT2D eigenvalue weighted by Gasteiger charge is -1.94. The van der Waals surface area contributed by atoms with Gasteiger partial charge in [0, 0.05) is 0 Å². The van der Waals surface area contributed by atoms with Crippen LogP contribution in [0.3, 0.4) is 0 Å². The van der Waals surface area contributed by atoms with Crippen LogP contribution in [0.2, 0.25) is 0 Å². The molecule has 1 N–H and O–H groups in total. The maximum absolute atomic E-state index is 11.2. The molecule has 68 valence electrons. The molecule has 5 nitrogen and oxygen atoms in total. The van der Waals surface area contributed by atoms with Crippen LogP contribution in [0.1, 0.15) is 0 Å². The van der Waals surface area contributed by atoms with E-state index in [2.05, 4.69) is 4.79 Å². The van der Waals surface area contributed by atoms with Crippen molar-refractivity contribution >= 4 is 15.4 Å². The van der Waals surface area contributed by atoms with E-state index in [-0.39, 0.29) is 10.6 Å². The molecule has 13 heavy (non-hydrogen) atoms. The van der Waals surface area contributed by atoms with E-state index in [4.69, 9.17) is 10.6 Å². The molecule has 0 aliphatic heterocycles. The first-order chi connectivity index (χ1) is 6.06. The summed E-state index contributed by atoms with van der Waals surface area (Å²) in [6.07, 6.45) is 0. The highest BCUT2D eigenvalue weighted by Gasteiger charge is 2.15. The van der Waals surface area contributed by atoms with Crippen molar-refractivity contribution in [2.24, 2.45) is 0 Å². The van der Waals surface area contributed by atoms with Crippen LogP contribution >= 0.6 is 0 Å². The summed E-state index contributed by atoms with van der Waals surface area (Å²) in [5.41, 5.74) is 8.49. The quantitative estimate of drug-likeness (QED) is 0.323. The van der Waals surface area contributed by atoms with E-state index >= 15 is 0 Å². The number of aromatic hydroxyl groups is 1. The van der Waals surface area contributed by atoms with Crippen molar-refractivity contribution in [2.45, 2.75) is 4.90 Å². The van der Waals surface area contributed by atoms with Crippen LogP contribution in [0.15, 0.2) is 29.2 Å². The molecule has 0 amide bonds. The van der Waals surface area contributed by atoms with Crippen LogP contribution in [0.5, 0.6) is 5.75 Å². The Bertz CT molecular complexity index is 443. The van der Waals surface area contributed by atoms with Gasteiger partial charge in [-0.15, -0.1) is 0 Å². The average molecular weight is 198 g/mol. The van der Waals surface area contributed by atoms with Gasteiger partial charge in [-0.3, -0.25) is 0 Å². The molecule has 6 heteroatoms. The summed E-state index contributed by atoms with van der Waals surface area (Å²) >= 11 is 0. The minimum absolute atomic E-state index is 0.0279. The number of nitrogens with zero attached hydrogens (tertiary/aromatic N) is 2. The van der Waals surface area contributed by atoms with Gasteiger partial charge in [0.15, 0.2) is 0 Å². The summed E-state index contributed by atoms with van der Waals surface area (Å²) in [5.74, 6) is -0.0279. The zero-order valence-electron chi connectivity index (χ0n) is 6.45. The highest BCUT2D eigenvalue weighted by atomic mass is 32.2. The third kappa shape index (κ3) is 2.14. The second kappa shape index (κ2) is 3.38. The van der Waals surface area contributed by atoms with Crippen molar-refractivity contribution < 1.29 is 18.3 Å². The smallest absolute Gasteiger partial charge is 0.374 e. The van der Waals surface area contributed by atoms with Crippen molar-refractivity contribution in [3.63, 3.8) is 0 Å². The monoisotopic (exact) mass is 198 g/mol. The zero-order chi connectivity index (χ0) is 9.90. The van der Waals surface area contributed by atoms with E-state index < -0.39 is 9.84 Å². The normalized spacial score (nSPS) is 10.5. The van der Waals surface area contributed by atoms with E-state index in [0.717, 1.165) is 0 Å². The summed E-state index contributed by atoms with van der Waals surface area (Å²) in [7, 11) is -3.68. The van der Waals surface area contributed by atoms with Gasteiger partial charge >= 0.3 is 5.55 Å². The zero-order valence-corrected chi connectivity index (χ0v) is 7.27. The number of rotatable bonds is 2. The van der Waals surface area contributed by atoms with Gasteiger partial charge in [-0.05, 0) is 24.3 Å². The average Bonchev–Trinajstić information content (AvgIpc) is 2.05. The van der Waals surface area contributed by atoms with E-state index in [9.17, 15) is 8.42 Å². The van der Waals surface area contributed by atoms with E-state index in [1.807, 2.05) is 0 Å². The van der Waals surface area contributed by atoms with Gasteiger partial charge in [-0.2, -0.15) is 4.79 Å². The maximum atomic E-state index is 11.2. The molecular formula is C7H6N2O3S. The summed E-state index contributed by atoms with van der Waals surface area (Å²) in [6, 6.07) is 4.90. The second-order valence-corrected chi connectivity index (χ2v) is 4.03. The molecule has 0 aliphatic carbocycles. The first-order valence-electron chi connectivity index (χ1n) is 3.28. The van der Waals surface area contributed by atoms with E-state index in [0.29, 0.717) is 5.55 Å². The minimum atomic E-state index is -3.68. The number of phenolic OH excluding ortho intramolecular Hbond substituents is 1. The Morgan fingerprint density at radius 2 is 1.85 bits per heavy atom. The summed E-state index contributed by atoms with van der Waals surface area (Å²) in [6.45, 7) is 0. The van der Waals surface area contributed by atoms with Crippen LogP contribution in [0.25, 0.3) is 5.53 Å². The van der Waals surface area contributed by atoms with E-state index in [1.54, 1.807) is 0 Å². The van der Waals surface area contributed by atoms with Crippen LogP contribution in [0.4, 0.5) is 0 Å². The van der Waals surface area contributed by atoms with Gasteiger partial charge in [0.25, 0.3) is 9.84 Å². The van der Waals surface area contributed by atoms with Crippen molar-refractivity contribution in [2.75, 3.05) is 0 Å². The van der Waals surface area contributed by atoms with Gasteiger partial charge in [0.1, 0.15) is 5.75 Å². The van der Waals surface area contributed by atoms with Crippen molar-refractivity contribution in [3.05, 3.63) is 29.8 Å². The molecule has 0 heterocycles.